The number of carbonyl (C=O) groups is 2. The molecule has 0 radical (unpaired) electrons. The zero-order chi connectivity index (χ0) is 15.0. The van der Waals surface area contributed by atoms with Crippen molar-refractivity contribution in [2.24, 2.45) is 5.92 Å². The first-order valence-electron chi connectivity index (χ1n) is 7.95. The molecule has 1 N–H and O–H groups in total. The van der Waals surface area contributed by atoms with Crippen molar-refractivity contribution >= 4 is 23.8 Å². The average molecular weight is 312 g/mol. The topological polar surface area (TPSA) is 60.9 Å². The molecule has 3 rings (SSSR count). The predicted octanol–water partition coefficient (Wildman–Crippen LogP) is 2.26. The number of thioether (sulfide) groups is 1. The van der Waals surface area contributed by atoms with Crippen LogP contribution in [0.15, 0.2) is 0 Å². The first-order valence-corrected chi connectivity index (χ1v) is 9.10. The Labute approximate surface area is 130 Å². The lowest BCUT2D eigenvalue weighted by molar-refractivity contribution is -0.141. The third-order valence-electron chi connectivity index (χ3n) is 5.35. The maximum absolute atomic E-state index is 12.9. The quantitative estimate of drug-likeness (QED) is 0.849. The molecule has 6 heteroatoms. The SMILES string of the molecule is CN(C(=O)N1C(C(=O)O)CC2CCCCC21)C1CCSC1. The van der Waals surface area contributed by atoms with Crippen LogP contribution in [-0.4, -0.2) is 63.6 Å². The van der Waals surface area contributed by atoms with E-state index in [1.165, 1.54) is 6.42 Å². The van der Waals surface area contributed by atoms with Crippen molar-refractivity contribution in [2.45, 2.75) is 56.7 Å². The highest BCUT2D eigenvalue weighted by atomic mass is 32.2. The van der Waals surface area contributed by atoms with Crippen LogP contribution in [0.5, 0.6) is 0 Å². The van der Waals surface area contributed by atoms with Gasteiger partial charge >= 0.3 is 12.0 Å². The molecule has 0 bridgehead atoms. The number of urea groups is 1. The second kappa shape index (κ2) is 6.07. The van der Waals surface area contributed by atoms with Gasteiger partial charge in [0.1, 0.15) is 6.04 Å². The van der Waals surface area contributed by atoms with E-state index >= 15 is 0 Å². The molecule has 2 aliphatic heterocycles. The Morgan fingerprint density at radius 2 is 2.00 bits per heavy atom. The maximum Gasteiger partial charge on any atom is 0.326 e. The zero-order valence-corrected chi connectivity index (χ0v) is 13.3. The number of amides is 2. The molecule has 1 saturated carbocycles. The molecule has 3 aliphatic rings. The first kappa shape index (κ1) is 15.0. The van der Waals surface area contributed by atoms with Crippen LogP contribution < -0.4 is 0 Å². The van der Waals surface area contributed by atoms with Gasteiger partial charge in [-0.2, -0.15) is 11.8 Å². The largest absolute Gasteiger partial charge is 0.480 e. The van der Waals surface area contributed by atoms with Gasteiger partial charge in [-0.25, -0.2) is 9.59 Å². The molecular weight excluding hydrogens is 288 g/mol. The normalized spacial score (nSPS) is 35.6. The van der Waals surface area contributed by atoms with Crippen LogP contribution in [0.4, 0.5) is 4.79 Å². The van der Waals surface area contributed by atoms with E-state index in [0.717, 1.165) is 37.2 Å². The summed E-state index contributed by atoms with van der Waals surface area (Å²) in [7, 11) is 1.84. The highest BCUT2D eigenvalue weighted by Crippen LogP contribution is 2.40. The number of carboxylic acids is 1. The van der Waals surface area contributed by atoms with Gasteiger partial charge in [0.25, 0.3) is 0 Å². The van der Waals surface area contributed by atoms with E-state index in [9.17, 15) is 14.7 Å². The number of rotatable bonds is 2. The summed E-state index contributed by atoms with van der Waals surface area (Å²) in [6.07, 6.45) is 5.98. The lowest BCUT2D eigenvalue weighted by atomic mass is 9.85. The van der Waals surface area contributed by atoms with Crippen LogP contribution in [0.1, 0.15) is 38.5 Å². The second-order valence-electron chi connectivity index (χ2n) is 6.52. The van der Waals surface area contributed by atoms with Crippen molar-refractivity contribution in [2.75, 3.05) is 18.6 Å². The Hall–Kier alpha value is -0.910. The fourth-order valence-electron chi connectivity index (χ4n) is 4.12. The number of fused-ring (bicyclic) bond motifs is 1. The molecule has 0 aromatic rings. The standard InChI is InChI=1S/C15H24N2O3S/c1-16(11-6-7-21-9-11)15(20)17-12-5-3-2-4-10(12)8-13(17)14(18)19/h10-13H,2-9H2,1H3,(H,18,19). The van der Waals surface area contributed by atoms with E-state index in [1.807, 2.05) is 18.8 Å². The van der Waals surface area contributed by atoms with Crippen molar-refractivity contribution in [3.05, 3.63) is 0 Å². The Bertz CT molecular complexity index is 425. The van der Waals surface area contributed by atoms with Crippen LogP contribution in [0.25, 0.3) is 0 Å². The minimum atomic E-state index is -0.841. The predicted molar refractivity (Wildman–Crippen MR) is 82.5 cm³/mol. The van der Waals surface area contributed by atoms with Crippen molar-refractivity contribution in [3.8, 4) is 0 Å². The Morgan fingerprint density at radius 1 is 1.24 bits per heavy atom. The second-order valence-corrected chi connectivity index (χ2v) is 7.67. The molecule has 2 heterocycles. The number of carbonyl (C=O) groups excluding carboxylic acids is 1. The lowest BCUT2D eigenvalue weighted by Crippen LogP contribution is -2.53. The lowest BCUT2D eigenvalue weighted by Gasteiger charge is -2.37. The number of aliphatic carboxylic acids is 1. The van der Waals surface area contributed by atoms with Crippen molar-refractivity contribution < 1.29 is 14.7 Å². The summed E-state index contributed by atoms with van der Waals surface area (Å²) >= 11 is 1.87. The smallest absolute Gasteiger partial charge is 0.326 e. The van der Waals surface area contributed by atoms with Gasteiger partial charge in [0.05, 0.1) is 0 Å². The summed E-state index contributed by atoms with van der Waals surface area (Å²) in [5, 5.41) is 9.51. The van der Waals surface area contributed by atoms with Gasteiger partial charge in [-0.1, -0.05) is 12.8 Å². The number of carboxylic acid groups (broad SMARTS) is 1. The third-order valence-corrected chi connectivity index (χ3v) is 6.49. The van der Waals surface area contributed by atoms with E-state index < -0.39 is 12.0 Å². The summed E-state index contributed by atoms with van der Waals surface area (Å²) < 4.78 is 0. The summed E-state index contributed by atoms with van der Waals surface area (Å²) in [6.45, 7) is 0. The van der Waals surface area contributed by atoms with Crippen LogP contribution in [0, 0.1) is 5.92 Å². The minimum absolute atomic E-state index is 0.0655. The monoisotopic (exact) mass is 312 g/mol. The summed E-state index contributed by atoms with van der Waals surface area (Å²) in [5.41, 5.74) is 0. The van der Waals surface area contributed by atoms with Crippen LogP contribution in [-0.2, 0) is 4.79 Å². The summed E-state index contributed by atoms with van der Waals surface area (Å²) in [4.78, 5) is 28.0. The van der Waals surface area contributed by atoms with E-state index in [-0.39, 0.29) is 18.1 Å². The summed E-state index contributed by atoms with van der Waals surface area (Å²) in [6, 6.07) is -0.283. The molecule has 118 valence electrons. The molecule has 2 amide bonds. The van der Waals surface area contributed by atoms with Gasteiger partial charge in [-0.3, -0.25) is 0 Å². The molecule has 4 atom stereocenters. The van der Waals surface area contributed by atoms with Crippen molar-refractivity contribution in [1.82, 2.24) is 9.80 Å². The fraction of sp³-hybridized carbons (Fsp3) is 0.867. The molecule has 0 spiro atoms. The molecule has 4 unspecified atom stereocenters. The van der Waals surface area contributed by atoms with Crippen LogP contribution in [0.3, 0.4) is 0 Å². The first-order chi connectivity index (χ1) is 10.1. The van der Waals surface area contributed by atoms with E-state index in [0.29, 0.717) is 12.3 Å². The molecule has 0 aromatic heterocycles. The Kier molecular flexibility index (Phi) is 4.33. The molecule has 21 heavy (non-hydrogen) atoms. The van der Waals surface area contributed by atoms with Crippen LogP contribution in [0.2, 0.25) is 0 Å². The maximum atomic E-state index is 12.9. The summed E-state index contributed by atoms with van der Waals surface area (Å²) in [5.74, 6) is 1.61. The molecule has 3 fully saturated rings. The molecule has 0 aromatic carbocycles. The molecular formula is C15H24N2O3S. The molecule has 5 nitrogen and oxygen atoms in total. The van der Waals surface area contributed by atoms with Gasteiger partial charge in [0.2, 0.25) is 0 Å². The zero-order valence-electron chi connectivity index (χ0n) is 12.5. The highest BCUT2D eigenvalue weighted by Gasteiger charge is 2.48. The minimum Gasteiger partial charge on any atom is -0.480 e. The number of nitrogens with zero attached hydrogens (tertiary/aromatic N) is 2. The van der Waals surface area contributed by atoms with Gasteiger partial charge in [-0.05, 0) is 37.4 Å². The van der Waals surface area contributed by atoms with E-state index in [1.54, 1.807) is 9.80 Å². The number of likely N-dealkylation sites (tertiary alicyclic amines) is 1. The number of hydrogen-bond acceptors (Lipinski definition) is 3. The van der Waals surface area contributed by atoms with Crippen LogP contribution >= 0.6 is 11.8 Å². The van der Waals surface area contributed by atoms with E-state index in [4.69, 9.17) is 0 Å². The van der Waals surface area contributed by atoms with Gasteiger partial charge < -0.3 is 14.9 Å². The third kappa shape index (κ3) is 2.74. The average Bonchev–Trinajstić information content (AvgIpc) is 3.12. The molecule has 2 saturated heterocycles. The van der Waals surface area contributed by atoms with Gasteiger partial charge in [-0.15, -0.1) is 0 Å². The van der Waals surface area contributed by atoms with Crippen molar-refractivity contribution in [1.29, 1.82) is 0 Å². The number of hydrogen-bond donors (Lipinski definition) is 1. The fourth-order valence-corrected chi connectivity index (χ4v) is 5.39. The molecule has 1 aliphatic carbocycles. The van der Waals surface area contributed by atoms with Gasteiger partial charge in [0, 0.05) is 24.9 Å². The van der Waals surface area contributed by atoms with E-state index in [2.05, 4.69) is 0 Å². The highest BCUT2D eigenvalue weighted by molar-refractivity contribution is 7.99. The van der Waals surface area contributed by atoms with Gasteiger partial charge in [0.15, 0.2) is 0 Å². The van der Waals surface area contributed by atoms with Crippen molar-refractivity contribution in [3.63, 3.8) is 0 Å². The Balaban J connectivity index is 1.78. The Morgan fingerprint density at radius 3 is 2.67 bits per heavy atom.